The molecule has 22 heavy (non-hydrogen) atoms. The molecular formula is C14H18Cl3N2OPS. The van der Waals surface area contributed by atoms with Crippen LogP contribution in [0.5, 0.6) is 5.75 Å². The van der Waals surface area contributed by atoms with Crippen molar-refractivity contribution in [1.82, 2.24) is 9.34 Å². The monoisotopic (exact) mass is 398 g/mol. The molecule has 3 rings (SSSR count). The third kappa shape index (κ3) is 3.44. The lowest BCUT2D eigenvalue weighted by molar-refractivity contribution is 0.391. The highest BCUT2D eigenvalue weighted by molar-refractivity contribution is 8.10. The van der Waals surface area contributed by atoms with Gasteiger partial charge in [-0.25, -0.2) is 9.34 Å². The largest absolute Gasteiger partial charge is 0.439 e. The quantitative estimate of drug-likeness (QED) is 0.494. The van der Waals surface area contributed by atoms with E-state index in [2.05, 4.69) is 9.34 Å². The Morgan fingerprint density at radius 2 is 1.27 bits per heavy atom. The molecule has 0 aliphatic carbocycles. The molecule has 3 nitrogen and oxygen atoms in total. The Hall–Kier alpha value is 0.460. The van der Waals surface area contributed by atoms with Crippen molar-refractivity contribution in [2.75, 3.05) is 26.2 Å². The lowest BCUT2D eigenvalue weighted by Crippen LogP contribution is -2.31. The molecule has 0 aromatic heterocycles. The number of hydrogen-bond donors (Lipinski definition) is 0. The fourth-order valence-electron chi connectivity index (χ4n) is 2.90. The summed E-state index contributed by atoms with van der Waals surface area (Å²) < 4.78 is 11.0. The lowest BCUT2D eigenvalue weighted by Gasteiger charge is -2.38. The summed E-state index contributed by atoms with van der Waals surface area (Å²) in [5.41, 5.74) is 0. The Bertz CT molecular complexity index is 584. The molecule has 8 heteroatoms. The summed E-state index contributed by atoms with van der Waals surface area (Å²) in [5.74, 6) is 0.540. The highest BCUT2D eigenvalue weighted by Crippen LogP contribution is 2.58. The fraction of sp³-hybridized carbons (Fsp3) is 0.571. The highest BCUT2D eigenvalue weighted by Gasteiger charge is 2.38. The van der Waals surface area contributed by atoms with Gasteiger partial charge in [0.2, 0.25) is 0 Å². The molecule has 2 aliphatic rings. The van der Waals surface area contributed by atoms with Crippen LogP contribution in [0.3, 0.4) is 0 Å². The van der Waals surface area contributed by atoms with Crippen molar-refractivity contribution in [3.8, 4) is 5.75 Å². The smallest absolute Gasteiger partial charge is 0.253 e. The van der Waals surface area contributed by atoms with Gasteiger partial charge in [0.25, 0.3) is 6.57 Å². The van der Waals surface area contributed by atoms with E-state index < -0.39 is 6.57 Å². The molecule has 1 aromatic rings. The molecule has 122 valence electrons. The fourth-order valence-corrected chi connectivity index (χ4v) is 7.33. The predicted molar refractivity (Wildman–Crippen MR) is 98.0 cm³/mol. The molecule has 0 amide bonds. The van der Waals surface area contributed by atoms with Gasteiger partial charge in [-0.15, -0.1) is 0 Å². The van der Waals surface area contributed by atoms with Gasteiger partial charge in [-0.1, -0.05) is 34.8 Å². The van der Waals surface area contributed by atoms with E-state index in [4.69, 9.17) is 51.1 Å². The van der Waals surface area contributed by atoms with Gasteiger partial charge in [0.1, 0.15) is 5.75 Å². The van der Waals surface area contributed by atoms with Crippen molar-refractivity contribution in [2.45, 2.75) is 25.7 Å². The van der Waals surface area contributed by atoms with E-state index in [1.54, 1.807) is 12.1 Å². The third-order valence-electron chi connectivity index (χ3n) is 4.07. The number of nitrogens with zero attached hydrogens (tertiary/aromatic N) is 2. The van der Waals surface area contributed by atoms with Crippen LogP contribution in [0.1, 0.15) is 25.7 Å². The molecule has 1 aromatic carbocycles. The summed E-state index contributed by atoms with van der Waals surface area (Å²) in [6.07, 6.45) is 4.69. The van der Waals surface area contributed by atoms with Gasteiger partial charge < -0.3 is 4.52 Å². The van der Waals surface area contributed by atoms with Crippen LogP contribution in [0.2, 0.25) is 15.1 Å². The van der Waals surface area contributed by atoms with Crippen LogP contribution in [0.25, 0.3) is 0 Å². The van der Waals surface area contributed by atoms with Crippen LogP contribution in [0, 0.1) is 0 Å². The molecule has 2 saturated heterocycles. The number of benzene rings is 1. The third-order valence-corrected chi connectivity index (χ3v) is 9.36. The first-order valence-electron chi connectivity index (χ1n) is 7.46. The summed E-state index contributed by atoms with van der Waals surface area (Å²) >= 11 is 24.4. The SMILES string of the molecule is S=P(Oc1cc(Cl)c(Cl)cc1Cl)(N1CCCC1)N1CCCC1. The first kappa shape index (κ1) is 17.3. The van der Waals surface area contributed by atoms with Gasteiger partial charge in [-0.05, 0) is 43.6 Å². The van der Waals surface area contributed by atoms with Gasteiger partial charge in [0.15, 0.2) is 0 Å². The van der Waals surface area contributed by atoms with E-state index in [0.717, 1.165) is 26.2 Å². The summed E-state index contributed by atoms with van der Waals surface area (Å²) in [6, 6.07) is 3.30. The molecule has 0 saturated carbocycles. The molecule has 0 radical (unpaired) electrons. The minimum Gasteiger partial charge on any atom is -0.439 e. The second kappa shape index (κ2) is 7.14. The van der Waals surface area contributed by atoms with Gasteiger partial charge in [-0.2, -0.15) is 0 Å². The standard InChI is InChI=1S/C14H18Cl3N2OPS/c15-11-9-13(17)14(10-12(11)16)20-21(22,18-5-1-2-6-18)19-7-3-4-8-19/h9-10H,1-8H2. The highest BCUT2D eigenvalue weighted by atomic mass is 35.5. The zero-order valence-electron chi connectivity index (χ0n) is 12.1. The normalized spacial score (nSPS) is 20.7. The Morgan fingerprint density at radius 1 is 0.818 bits per heavy atom. The number of halogens is 3. The van der Waals surface area contributed by atoms with Crippen molar-refractivity contribution in [3.05, 3.63) is 27.2 Å². The maximum atomic E-state index is 6.34. The Kier molecular flexibility index (Phi) is 5.61. The van der Waals surface area contributed by atoms with Crippen LogP contribution < -0.4 is 4.52 Å². The molecule has 0 atom stereocenters. The Morgan fingerprint density at radius 3 is 1.77 bits per heavy atom. The van der Waals surface area contributed by atoms with E-state index in [0.29, 0.717) is 20.8 Å². The molecule has 2 aliphatic heterocycles. The van der Waals surface area contributed by atoms with Crippen molar-refractivity contribution >= 4 is 53.2 Å². The van der Waals surface area contributed by atoms with Gasteiger partial charge in [0, 0.05) is 32.2 Å². The summed E-state index contributed by atoms with van der Waals surface area (Å²) in [7, 11) is 0. The van der Waals surface area contributed by atoms with Crippen molar-refractivity contribution in [1.29, 1.82) is 0 Å². The van der Waals surface area contributed by atoms with Crippen LogP contribution in [-0.2, 0) is 11.8 Å². The molecule has 0 unspecified atom stereocenters. The predicted octanol–water partition coefficient (Wildman–Crippen LogP) is 5.44. The molecule has 0 spiro atoms. The Balaban J connectivity index is 1.93. The summed E-state index contributed by atoms with van der Waals surface area (Å²) in [4.78, 5) is 0. The van der Waals surface area contributed by atoms with Gasteiger partial charge >= 0.3 is 0 Å². The van der Waals surface area contributed by atoms with E-state index in [1.165, 1.54) is 25.7 Å². The van der Waals surface area contributed by atoms with Crippen LogP contribution in [0.4, 0.5) is 0 Å². The molecular weight excluding hydrogens is 382 g/mol. The average molecular weight is 400 g/mol. The first-order valence-corrected chi connectivity index (χ1v) is 11.2. The molecule has 2 fully saturated rings. The summed E-state index contributed by atoms with van der Waals surface area (Å²) in [6.45, 7) is 1.69. The minimum absolute atomic E-state index is 0.426. The second-order valence-corrected chi connectivity index (χ2v) is 10.5. The maximum Gasteiger partial charge on any atom is 0.253 e. The lowest BCUT2D eigenvalue weighted by atomic mass is 10.3. The number of rotatable bonds is 4. The molecule has 0 bridgehead atoms. The van der Waals surface area contributed by atoms with Crippen molar-refractivity contribution in [2.24, 2.45) is 0 Å². The van der Waals surface area contributed by atoms with E-state index in [1.807, 2.05) is 0 Å². The second-order valence-electron chi connectivity index (χ2n) is 5.60. The zero-order chi connectivity index (χ0) is 15.7. The van der Waals surface area contributed by atoms with Crippen molar-refractivity contribution in [3.63, 3.8) is 0 Å². The zero-order valence-corrected chi connectivity index (χ0v) is 16.1. The van der Waals surface area contributed by atoms with Crippen LogP contribution >= 0.6 is 41.4 Å². The summed E-state index contributed by atoms with van der Waals surface area (Å²) in [5, 5.41) is 1.32. The average Bonchev–Trinajstić information content (AvgIpc) is 3.17. The number of hydrogen-bond acceptors (Lipinski definition) is 2. The van der Waals surface area contributed by atoms with E-state index in [9.17, 15) is 0 Å². The van der Waals surface area contributed by atoms with Crippen LogP contribution in [-0.4, -0.2) is 35.5 Å². The maximum absolute atomic E-state index is 6.34. The molecule has 2 heterocycles. The first-order chi connectivity index (χ1) is 10.5. The van der Waals surface area contributed by atoms with Crippen molar-refractivity contribution < 1.29 is 4.52 Å². The van der Waals surface area contributed by atoms with Gasteiger partial charge in [-0.3, -0.25) is 0 Å². The van der Waals surface area contributed by atoms with Gasteiger partial charge in [0.05, 0.1) is 15.1 Å². The van der Waals surface area contributed by atoms with Crippen LogP contribution in [0.15, 0.2) is 12.1 Å². The van der Waals surface area contributed by atoms with E-state index in [-0.39, 0.29) is 0 Å². The topological polar surface area (TPSA) is 15.7 Å². The minimum atomic E-state index is -2.28. The van der Waals surface area contributed by atoms with E-state index >= 15 is 0 Å². The Labute approximate surface area is 151 Å². The molecule has 0 N–H and O–H groups in total.